The third kappa shape index (κ3) is 5.59. The van der Waals surface area contributed by atoms with E-state index >= 15 is 0 Å². The number of nitrogens with one attached hydrogen (secondary N) is 2. The average Bonchev–Trinajstić information content (AvgIpc) is 3.44. The third-order valence-corrected chi connectivity index (χ3v) is 6.83. The van der Waals surface area contributed by atoms with E-state index in [4.69, 9.17) is 5.73 Å². The van der Waals surface area contributed by atoms with Crippen LogP contribution in [0, 0.1) is 10.1 Å². The van der Waals surface area contributed by atoms with Gasteiger partial charge >= 0.3 is 0 Å². The third-order valence-electron chi connectivity index (χ3n) is 6.83. The van der Waals surface area contributed by atoms with Crippen LogP contribution in [0.15, 0.2) is 66.7 Å². The first-order valence-electron chi connectivity index (χ1n) is 12.1. The lowest BCUT2D eigenvalue weighted by molar-refractivity contribution is -0.384. The second-order valence-electron chi connectivity index (χ2n) is 9.30. The molecule has 3 amide bonds. The monoisotopic (exact) mass is 503 g/mol. The molecule has 4 rings (SSSR count). The van der Waals surface area contributed by atoms with Crippen molar-refractivity contribution >= 4 is 34.2 Å². The van der Waals surface area contributed by atoms with E-state index in [1.165, 1.54) is 24.3 Å². The molecule has 2 atom stereocenters. The van der Waals surface area contributed by atoms with Crippen molar-refractivity contribution in [2.24, 2.45) is 5.73 Å². The van der Waals surface area contributed by atoms with Gasteiger partial charge in [0.15, 0.2) is 5.66 Å². The molecule has 1 saturated heterocycles. The zero-order valence-corrected chi connectivity index (χ0v) is 20.5. The van der Waals surface area contributed by atoms with E-state index in [2.05, 4.69) is 10.6 Å². The Morgan fingerprint density at radius 2 is 1.68 bits per heavy atom. The topological polar surface area (TPSA) is 148 Å². The SMILES string of the molecule is C[C@@](NC(=O)C(Cc1ccc([N+](=O)[O-])cc1)NC(=O)c1cccc2ccccc12)(C(N)=O)N1CCCC1. The molecule has 1 unspecified atom stereocenters. The van der Waals surface area contributed by atoms with E-state index in [1.807, 2.05) is 35.2 Å². The number of hydrogen-bond donors (Lipinski definition) is 3. The minimum atomic E-state index is -1.43. The molecule has 0 aliphatic carbocycles. The van der Waals surface area contributed by atoms with Crippen molar-refractivity contribution in [1.29, 1.82) is 0 Å². The molecule has 10 nitrogen and oxygen atoms in total. The van der Waals surface area contributed by atoms with Crippen LogP contribution in [-0.2, 0) is 16.0 Å². The van der Waals surface area contributed by atoms with Crippen LogP contribution in [0.5, 0.6) is 0 Å². The van der Waals surface area contributed by atoms with Crippen LogP contribution < -0.4 is 16.4 Å². The number of hydrogen-bond acceptors (Lipinski definition) is 6. The standard InChI is InChI=1S/C27H29N5O5/c1-27(26(28)35,31-15-4-5-16-31)30-25(34)23(17-18-11-13-20(14-12-18)32(36)37)29-24(33)22-10-6-8-19-7-2-3-9-21(19)22/h2-3,6-14,23H,4-5,15-17H2,1H3,(H2,28,35)(H,29,33)(H,30,34)/t23?,27-/m0/s1. The molecule has 10 heteroatoms. The summed E-state index contributed by atoms with van der Waals surface area (Å²) in [6.45, 7) is 2.78. The molecular formula is C27H29N5O5. The number of nitro groups is 1. The zero-order valence-electron chi connectivity index (χ0n) is 20.5. The Balaban J connectivity index is 1.63. The van der Waals surface area contributed by atoms with Gasteiger partial charge in [0, 0.05) is 37.2 Å². The van der Waals surface area contributed by atoms with Gasteiger partial charge in [-0.15, -0.1) is 0 Å². The summed E-state index contributed by atoms with van der Waals surface area (Å²) in [5, 5.41) is 18.2. The van der Waals surface area contributed by atoms with Crippen LogP contribution in [-0.4, -0.2) is 52.3 Å². The summed E-state index contributed by atoms with van der Waals surface area (Å²) in [6.07, 6.45) is 1.81. The number of likely N-dealkylation sites (tertiary alicyclic amines) is 1. The molecular weight excluding hydrogens is 474 g/mol. The van der Waals surface area contributed by atoms with Gasteiger partial charge in [-0.3, -0.25) is 29.4 Å². The van der Waals surface area contributed by atoms with E-state index in [-0.39, 0.29) is 12.1 Å². The highest BCUT2D eigenvalue weighted by Crippen LogP contribution is 2.21. The van der Waals surface area contributed by atoms with Crippen molar-refractivity contribution in [3.63, 3.8) is 0 Å². The smallest absolute Gasteiger partial charge is 0.269 e. The first-order chi connectivity index (χ1) is 17.7. The number of non-ortho nitro benzene ring substituents is 1. The van der Waals surface area contributed by atoms with Crippen LogP contribution >= 0.6 is 0 Å². The number of nitrogens with zero attached hydrogens (tertiary/aromatic N) is 2. The highest BCUT2D eigenvalue weighted by Gasteiger charge is 2.42. The number of fused-ring (bicyclic) bond motifs is 1. The molecule has 37 heavy (non-hydrogen) atoms. The van der Waals surface area contributed by atoms with Crippen LogP contribution in [0.25, 0.3) is 10.8 Å². The van der Waals surface area contributed by atoms with Crippen molar-refractivity contribution in [1.82, 2.24) is 15.5 Å². The lowest BCUT2D eigenvalue weighted by Crippen LogP contribution is -2.67. The van der Waals surface area contributed by atoms with Crippen molar-refractivity contribution in [2.75, 3.05) is 13.1 Å². The molecule has 1 fully saturated rings. The van der Waals surface area contributed by atoms with Crippen molar-refractivity contribution < 1.29 is 19.3 Å². The Morgan fingerprint density at radius 1 is 1.03 bits per heavy atom. The minimum Gasteiger partial charge on any atom is -0.366 e. The lowest BCUT2D eigenvalue weighted by Gasteiger charge is -2.37. The first kappa shape index (κ1) is 25.8. The number of amides is 3. The number of carbonyl (C=O) groups excluding carboxylic acids is 3. The second-order valence-corrected chi connectivity index (χ2v) is 9.30. The van der Waals surface area contributed by atoms with Crippen LogP contribution in [0.3, 0.4) is 0 Å². The summed E-state index contributed by atoms with van der Waals surface area (Å²) >= 11 is 0. The quantitative estimate of drug-likeness (QED) is 0.302. The fourth-order valence-electron chi connectivity index (χ4n) is 4.65. The molecule has 4 N–H and O–H groups in total. The Morgan fingerprint density at radius 3 is 2.32 bits per heavy atom. The molecule has 3 aromatic rings. The molecule has 1 aliphatic heterocycles. The summed E-state index contributed by atoms with van der Waals surface area (Å²) in [6, 6.07) is 17.4. The summed E-state index contributed by atoms with van der Waals surface area (Å²) in [5.74, 6) is -1.74. The maximum Gasteiger partial charge on any atom is 0.269 e. The fraction of sp³-hybridized carbons (Fsp3) is 0.296. The average molecular weight is 504 g/mol. The summed E-state index contributed by atoms with van der Waals surface area (Å²) in [5.41, 5.74) is 5.20. The van der Waals surface area contributed by atoms with Gasteiger partial charge in [-0.25, -0.2) is 0 Å². The van der Waals surface area contributed by atoms with Crippen molar-refractivity contribution in [3.8, 4) is 0 Å². The maximum atomic E-state index is 13.6. The Bertz CT molecular complexity index is 1330. The van der Waals surface area contributed by atoms with Crippen molar-refractivity contribution in [3.05, 3.63) is 88.0 Å². The van der Waals surface area contributed by atoms with E-state index in [0.29, 0.717) is 24.2 Å². The largest absolute Gasteiger partial charge is 0.366 e. The molecule has 1 heterocycles. The first-order valence-corrected chi connectivity index (χ1v) is 12.1. The molecule has 0 saturated carbocycles. The van der Waals surface area contributed by atoms with Gasteiger partial charge in [0.25, 0.3) is 17.5 Å². The van der Waals surface area contributed by atoms with Gasteiger partial charge in [0.2, 0.25) is 5.91 Å². The van der Waals surface area contributed by atoms with Crippen LogP contribution in [0.2, 0.25) is 0 Å². The number of nitro benzene ring substituents is 1. The van der Waals surface area contributed by atoms with Crippen LogP contribution in [0.1, 0.15) is 35.7 Å². The summed E-state index contributed by atoms with van der Waals surface area (Å²) in [4.78, 5) is 51.7. The minimum absolute atomic E-state index is 0.0508. The summed E-state index contributed by atoms with van der Waals surface area (Å²) in [7, 11) is 0. The molecule has 3 aromatic carbocycles. The van der Waals surface area contributed by atoms with Gasteiger partial charge < -0.3 is 16.4 Å². The molecule has 0 bridgehead atoms. The fourth-order valence-corrected chi connectivity index (χ4v) is 4.65. The van der Waals surface area contributed by atoms with Gasteiger partial charge in [0.1, 0.15) is 6.04 Å². The number of primary amides is 1. The number of benzene rings is 3. The Hall–Kier alpha value is -4.31. The predicted molar refractivity (Wildman–Crippen MR) is 139 cm³/mol. The molecule has 192 valence electrons. The maximum absolute atomic E-state index is 13.6. The number of nitrogens with two attached hydrogens (primary N) is 1. The second kappa shape index (κ2) is 10.8. The van der Waals surface area contributed by atoms with Gasteiger partial charge in [-0.05, 0) is 42.2 Å². The zero-order chi connectivity index (χ0) is 26.6. The highest BCUT2D eigenvalue weighted by atomic mass is 16.6. The van der Waals surface area contributed by atoms with E-state index in [9.17, 15) is 24.5 Å². The van der Waals surface area contributed by atoms with E-state index in [1.54, 1.807) is 19.1 Å². The molecule has 0 aromatic heterocycles. The highest BCUT2D eigenvalue weighted by molar-refractivity contribution is 6.08. The lowest BCUT2D eigenvalue weighted by atomic mass is 10.0. The Kier molecular flexibility index (Phi) is 7.49. The molecule has 1 aliphatic rings. The van der Waals surface area contributed by atoms with Gasteiger partial charge in [-0.2, -0.15) is 0 Å². The molecule has 0 spiro atoms. The number of rotatable bonds is 9. The summed E-state index contributed by atoms with van der Waals surface area (Å²) < 4.78 is 0. The predicted octanol–water partition coefficient (Wildman–Crippen LogP) is 2.50. The van der Waals surface area contributed by atoms with E-state index in [0.717, 1.165) is 23.6 Å². The Labute approximate surface area is 214 Å². The van der Waals surface area contributed by atoms with Gasteiger partial charge in [-0.1, -0.05) is 48.5 Å². The number of carbonyl (C=O) groups is 3. The van der Waals surface area contributed by atoms with Crippen LogP contribution in [0.4, 0.5) is 5.69 Å². The molecule has 0 radical (unpaired) electrons. The van der Waals surface area contributed by atoms with Crippen molar-refractivity contribution in [2.45, 2.75) is 37.9 Å². The van der Waals surface area contributed by atoms with Gasteiger partial charge in [0.05, 0.1) is 4.92 Å². The van der Waals surface area contributed by atoms with E-state index < -0.39 is 34.3 Å². The normalized spacial score (nSPS) is 16.0.